The predicted molar refractivity (Wildman–Crippen MR) is 35.8 cm³/mol. The fourth-order valence-corrected chi connectivity index (χ4v) is 0.588. The van der Waals surface area contributed by atoms with Gasteiger partial charge in [-0.15, -0.1) is 9.79 Å². The molecule has 0 saturated carbocycles. The van der Waals surface area contributed by atoms with Gasteiger partial charge in [0.15, 0.2) is 0 Å². The van der Waals surface area contributed by atoms with E-state index in [4.69, 9.17) is 33.9 Å². The molecule has 0 aliphatic heterocycles. The average Bonchev–Trinajstić information content (AvgIpc) is 1.56. The van der Waals surface area contributed by atoms with Gasteiger partial charge in [0, 0.05) is 4.57 Å². The first-order chi connectivity index (χ1) is 4.86. The Bertz CT molecular complexity index is 87.5. The van der Waals surface area contributed by atoms with Crippen molar-refractivity contribution in [1.29, 1.82) is 0 Å². The molecule has 0 atom stereocenters. The third kappa shape index (κ3) is 36.7. The van der Waals surface area contributed by atoms with Gasteiger partial charge < -0.3 is 19.6 Å². The molecule has 11 heteroatoms. The van der Waals surface area contributed by atoms with Crippen LogP contribution in [0.5, 0.6) is 0 Å². The highest BCUT2D eigenvalue weighted by molar-refractivity contribution is 7.53. The van der Waals surface area contributed by atoms with E-state index in [0.717, 1.165) is 0 Å². The van der Waals surface area contributed by atoms with Gasteiger partial charge in [0.25, 0.3) is 0 Å². The minimum atomic E-state index is -2.87. The minimum absolute atomic E-state index is 2.61. The van der Waals surface area contributed by atoms with Gasteiger partial charge in [-0.3, -0.25) is 0 Å². The van der Waals surface area contributed by atoms with E-state index in [1.165, 1.54) is 0 Å². The molecule has 0 aliphatic carbocycles. The van der Waals surface area contributed by atoms with Gasteiger partial charge >= 0.3 is 25.5 Å². The summed E-state index contributed by atoms with van der Waals surface area (Å²) in [5, 5.41) is 0. The molecule has 0 heterocycles. The predicted octanol–water partition coefficient (Wildman–Crippen LogP) is -0.946. The SMILES string of the molecule is O=[P+](O)O.OP(O)OP(O)O. The molecular weight excluding hydrogens is 221 g/mol. The van der Waals surface area contributed by atoms with Crippen molar-refractivity contribution in [2.45, 2.75) is 0 Å². The van der Waals surface area contributed by atoms with Gasteiger partial charge in [-0.2, -0.15) is 0 Å². The lowest BCUT2D eigenvalue weighted by molar-refractivity contribution is 0.324. The summed E-state index contributed by atoms with van der Waals surface area (Å²) in [5.74, 6) is 0. The van der Waals surface area contributed by atoms with Gasteiger partial charge in [0.1, 0.15) is 0 Å². The molecule has 11 heavy (non-hydrogen) atoms. The Labute approximate surface area is 64.7 Å². The Morgan fingerprint density at radius 1 is 1.00 bits per heavy atom. The van der Waals surface area contributed by atoms with Crippen molar-refractivity contribution >= 4 is 25.5 Å². The van der Waals surface area contributed by atoms with E-state index >= 15 is 0 Å². The van der Waals surface area contributed by atoms with Gasteiger partial charge in [-0.25, -0.2) is 4.31 Å². The third-order valence-electron chi connectivity index (χ3n) is 0.146. The van der Waals surface area contributed by atoms with Crippen LogP contribution in [0.1, 0.15) is 0 Å². The molecule has 0 aromatic rings. The maximum atomic E-state index is 8.70. The van der Waals surface area contributed by atoms with Crippen molar-refractivity contribution in [2.75, 3.05) is 0 Å². The molecule has 0 unspecified atom stereocenters. The molecule has 0 rings (SSSR count). The topological polar surface area (TPSA) is 148 Å². The van der Waals surface area contributed by atoms with E-state index < -0.39 is 25.5 Å². The van der Waals surface area contributed by atoms with Crippen LogP contribution in [0.3, 0.4) is 0 Å². The lowest BCUT2D eigenvalue weighted by atomic mass is 15.7. The summed E-state index contributed by atoms with van der Waals surface area (Å²) >= 11 is 0. The molecule has 68 valence electrons. The molecule has 0 fully saturated rings. The summed E-state index contributed by atoms with van der Waals surface area (Å²) in [6.45, 7) is 0. The first kappa shape index (κ1) is 14.2. The van der Waals surface area contributed by atoms with Crippen molar-refractivity contribution in [2.24, 2.45) is 0 Å². The van der Waals surface area contributed by atoms with E-state index in [0.29, 0.717) is 0 Å². The van der Waals surface area contributed by atoms with Crippen LogP contribution in [0.2, 0.25) is 0 Å². The van der Waals surface area contributed by atoms with Gasteiger partial charge in [0.2, 0.25) is 0 Å². The van der Waals surface area contributed by atoms with Gasteiger partial charge in [-0.05, 0) is 0 Å². The molecule has 0 aromatic heterocycles. The largest absolute Gasteiger partial charge is 0.692 e. The summed E-state index contributed by atoms with van der Waals surface area (Å²) in [6.07, 6.45) is 0. The second-order valence-electron chi connectivity index (χ2n) is 0.840. The van der Waals surface area contributed by atoms with Crippen LogP contribution >= 0.6 is 25.5 Å². The molecule has 6 N–H and O–H groups in total. The number of rotatable bonds is 2. The van der Waals surface area contributed by atoms with Crippen molar-refractivity contribution in [3.63, 3.8) is 0 Å². The van der Waals surface area contributed by atoms with E-state index in [-0.39, 0.29) is 0 Å². The lowest BCUT2D eigenvalue weighted by Gasteiger charge is -2.00. The van der Waals surface area contributed by atoms with E-state index in [1.54, 1.807) is 0 Å². The maximum absolute atomic E-state index is 8.70. The average molecular weight is 227 g/mol. The summed E-state index contributed by atoms with van der Waals surface area (Å²) in [5.41, 5.74) is 0. The highest BCUT2D eigenvalue weighted by Gasteiger charge is 2.05. The van der Waals surface area contributed by atoms with Crippen LogP contribution in [-0.4, -0.2) is 29.4 Å². The maximum Gasteiger partial charge on any atom is 0.692 e. The fourth-order valence-electron chi connectivity index (χ4n) is 0.0653. The van der Waals surface area contributed by atoms with Crippen LogP contribution in [0.15, 0.2) is 0 Å². The summed E-state index contributed by atoms with van der Waals surface area (Å²) in [6, 6.07) is 0. The van der Waals surface area contributed by atoms with Crippen LogP contribution in [0.25, 0.3) is 0 Å². The molecule has 0 radical (unpaired) electrons. The molecular formula is H6O8P3+. The molecule has 0 saturated heterocycles. The first-order valence-electron chi connectivity index (χ1n) is 1.75. The molecule has 0 aromatic carbocycles. The molecule has 0 amide bonds. The van der Waals surface area contributed by atoms with Crippen molar-refractivity contribution < 1.29 is 38.2 Å². The first-order valence-corrected chi connectivity index (χ1v) is 5.24. The molecule has 0 bridgehead atoms. The summed E-state index contributed by atoms with van der Waals surface area (Å²) in [4.78, 5) is 45.5. The van der Waals surface area contributed by atoms with Crippen molar-refractivity contribution in [1.82, 2.24) is 0 Å². The molecule has 8 nitrogen and oxygen atoms in total. The molecule has 0 aliphatic rings. The second-order valence-corrected chi connectivity index (χ2v) is 3.01. The zero-order valence-electron chi connectivity index (χ0n) is 4.84. The molecule has 0 spiro atoms. The number of hydrogen-bond acceptors (Lipinski definition) is 6. The monoisotopic (exact) mass is 227 g/mol. The highest BCUT2D eigenvalue weighted by atomic mass is 31.2. The van der Waals surface area contributed by atoms with E-state index in [9.17, 15) is 0 Å². The van der Waals surface area contributed by atoms with Crippen LogP contribution in [0, 0.1) is 0 Å². The zero-order valence-corrected chi connectivity index (χ0v) is 7.52. The Morgan fingerprint density at radius 3 is 1.18 bits per heavy atom. The third-order valence-corrected chi connectivity index (χ3v) is 1.31. The van der Waals surface area contributed by atoms with Crippen molar-refractivity contribution in [3.05, 3.63) is 0 Å². The van der Waals surface area contributed by atoms with Crippen LogP contribution in [-0.2, 0) is 8.88 Å². The summed E-state index contributed by atoms with van der Waals surface area (Å²) < 4.78 is 12.3. The van der Waals surface area contributed by atoms with Crippen LogP contribution < -0.4 is 0 Å². The van der Waals surface area contributed by atoms with Gasteiger partial charge in [-0.1, -0.05) is 0 Å². The normalized spacial score (nSPS) is 9.45. The van der Waals surface area contributed by atoms with Crippen LogP contribution in [0.4, 0.5) is 0 Å². The van der Waals surface area contributed by atoms with E-state index in [1.807, 2.05) is 0 Å². The van der Waals surface area contributed by atoms with Crippen molar-refractivity contribution in [3.8, 4) is 0 Å². The standard InChI is InChI=1S/H4O5P2.HO3P/c1-6(2)5-7(3)4;1-4(2)3/h1-4H;(H-,1,2,3)/p+1. The lowest BCUT2D eigenvalue weighted by Crippen LogP contribution is -1.73. The fraction of sp³-hybridized carbons (Fsp3) is 0. The summed E-state index contributed by atoms with van der Waals surface area (Å²) in [7, 11) is -8.09. The zero-order chi connectivity index (χ0) is 9.44. The quantitative estimate of drug-likeness (QED) is 0.331. The Morgan fingerprint density at radius 2 is 1.18 bits per heavy atom. The highest BCUT2D eigenvalue weighted by Crippen LogP contribution is 2.41. The minimum Gasteiger partial charge on any atom is -0.328 e. The Kier molecular flexibility index (Phi) is 11.3. The Hall–Kier alpha value is 0.680. The second kappa shape index (κ2) is 8.77. The smallest absolute Gasteiger partial charge is 0.328 e. The Balaban J connectivity index is 0. The van der Waals surface area contributed by atoms with Gasteiger partial charge in [0.05, 0.1) is 0 Å². The number of hydrogen-bond donors (Lipinski definition) is 6. The van der Waals surface area contributed by atoms with E-state index in [2.05, 4.69) is 4.31 Å².